The number of benzene rings is 1. The summed E-state index contributed by atoms with van der Waals surface area (Å²) >= 11 is 11.6. The molecule has 2 N–H and O–H groups in total. The van der Waals surface area contributed by atoms with Crippen LogP contribution in [0.25, 0.3) is 0 Å². The van der Waals surface area contributed by atoms with Crippen LogP contribution in [0.4, 0.5) is 5.69 Å². The first-order valence-corrected chi connectivity index (χ1v) is 5.63. The van der Waals surface area contributed by atoms with Crippen molar-refractivity contribution in [2.24, 2.45) is 0 Å². The molecule has 1 heterocycles. The summed E-state index contributed by atoms with van der Waals surface area (Å²) in [6, 6.07) is 4.93. The molecule has 1 aromatic carbocycles. The number of rotatable bonds is 3. The van der Waals surface area contributed by atoms with Crippen molar-refractivity contribution in [1.29, 1.82) is 0 Å². The number of anilines is 1. The van der Waals surface area contributed by atoms with Crippen LogP contribution in [-0.2, 0) is 11.2 Å². The average molecular weight is 270 g/mol. The maximum atomic E-state index is 11.6. The predicted octanol–water partition coefficient (Wildman–Crippen LogP) is 2.90. The molecule has 1 aromatic heterocycles. The summed E-state index contributed by atoms with van der Waals surface area (Å²) in [5.41, 5.74) is 1.37. The quantitative estimate of drug-likeness (QED) is 0.900. The second kappa shape index (κ2) is 5.21. The van der Waals surface area contributed by atoms with Crippen LogP contribution in [0.15, 0.2) is 30.7 Å². The molecule has 0 aliphatic carbocycles. The molecule has 88 valence electrons. The van der Waals surface area contributed by atoms with Gasteiger partial charge in [-0.1, -0.05) is 23.2 Å². The third-order valence-electron chi connectivity index (χ3n) is 2.11. The van der Waals surface area contributed by atoms with Gasteiger partial charge in [0.15, 0.2) is 0 Å². The Morgan fingerprint density at radius 1 is 1.35 bits per heavy atom. The number of nitrogens with one attached hydrogen (secondary N) is 2. The van der Waals surface area contributed by atoms with Gasteiger partial charge < -0.3 is 10.3 Å². The molecule has 0 radical (unpaired) electrons. The van der Waals surface area contributed by atoms with Crippen molar-refractivity contribution in [2.75, 3.05) is 5.32 Å². The van der Waals surface area contributed by atoms with Gasteiger partial charge in [-0.25, -0.2) is 4.98 Å². The van der Waals surface area contributed by atoms with Crippen LogP contribution in [-0.4, -0.2) is 15.9 Å². The topological polar surface area (TPSA) is 57.8 Å². The Labute approximate surface area is 108 Å². The van der Waals surface area contributed by atoms with Crippen molar-refractivity contribution in [3.05, 3.63) is 46.5 Å². The molecule has 2 aromatic rings. The number of aromatic nitrogens is 2. The molecular weight excluding hydrogens is 261 g/mol. The Morgan fingerprint density at radius 2 is 2.18 bits per heavy atom. The normalized spacial score (nSPS) is 10.2. The largest absolute Gasteiger partial charge is 0.348 e. The number of hydrogen-bond donors (Lipinski definition) is 2. The summed E-state index contributed by atoms with van der Waals surface area (Å²) in [6.45, 7) is 0. The summed E-state index contributed by atoms with van der Waals surface area (Å²) in [5.74, 6) is -0.146. The Bertz CT molecular complexity index is 526. The highest BCUT2D eigenvalue weighted by Crippen LogP contribution is 2.24. The lowest BCUT2D eigenvalue weighted by molar-refractivity contribution is -0.115. The molecule has 6 heteroatoms. The number of H-pyrrole nitrogens is 1. The minimum Gasteiger partial charge on any atom is -0.348 e. The minimum atomic E-state index is -0.146. The molecule has 2 rings (SSSR count). The van der Waals surface area contributed by atoms with E-state index in [9.17, 15) is 4.79 Å². The molecule has 0 unspecified atom stereocenters. The van der Waals surface area contributed by atoms with Crippen molar-refractivity contribution < 1.29 is 4.79 Å². The van der Waals surface area contributed by atoms with Crippen LogP contribution in [0.2, 0.25) is 10.0 Å². The van der Waals surface area contributed by atoms with E-state index in [1.165, 1.54) is 6.33 Å². The van der Waals surface area contributed by atoms with Gasteiger partial charge in [0.2, 0.25) is 5.91 Å². The van der Waals surface area contributed by atoms with Gasteiger partial charge in [0.05, 0.1) is 22.8 Å². The second-order valence-electron chi connectivity index (χ2n) is 3.43. The van der Waals surface area contributed by atoms with E-state index < -0.39 is 0 Å². The zero-order valence-electron chi connectivity index (χ0n) is 8.71. The summed E-state index contributed by atoms with van der Waals surface area (Å²) < 4.78 is 0. The van der Waals surface area contributed by atoms with Crippen LogP contribution in [0.3, 0.4) is 0 Å². The number of nitrogens with zero attached hydrogens (tertiary/aromatic N) is 1. The fourth-order valence-corrected chi connectivity index (χ4v) is 1.63. The highest BCUT2D eigenvalue weighted by atomic mass is 35.5. The molecule has 0 spiro atoms. The predicted molar refractivity (Wildman–Crippen MR) is 67.4 cm³/mol. The monoisotopic (exact) mass is 269 g/mol. The van der Waals surface area contributed by atoms with Crippen LogP contribution in [0.1, 0.15) is 5.69 Å². The maximum Gasteiger partial charge on any atom is 0.230 e. The van der Waals surface area contributed by atoms with Crippen molar-refractivity contribution in [3.8, 4) is 0 Å². The van der Waals surface area contributed by atoms with Crippen LogP contribution >= 0.6 is 23.2 Å². The third kappa shape index (κ3) is 3.22. The molecule has 0 atom stereocenters. The number of carbonyl (C=O) groups is 1. The lowest BCUT2D eigenvalue weighted by Gasteiger charge is -2.05. The van der Waals surface area contributed by atoms with Crippen molar-refractivity contribution in [3.63, 3.8) is 0 Å². The molecular formula is C11H9Cl2N3O. The molecule has 4 nitrogen and oxygen atoms in total. The number of hydrogen-bond acceptors (Lipinski definition) is 2. The number of halogens is 2. The SMILES string of the molecule is O=C(Cc1cnc[nH]1)Nc1ccc(Cl)c(Cl)c1. The number of imidazole rings is 1. The summed E-state index contributed by atoms with van der Waals surface area (Å²) in [6.07, 6.45) is 3.37. The van der Waals surface area contributed by atoms with Crippen molar-refractivity contribution >= 4 is 34.8 Å². The standard InChI is InChI=1S/C11H9Cl2N3O/c12-9-2-1-7(3-10(9)13)16-11(17)4-8-5-14-6-15-8/h1-3,5-6H,4H2,(H,14,15)(H,16,17). The zero-order chi connectivity index (χ0) is 12.3. The van der Waals surface area contributed by atoms with E-state index >= 15 is 0 Å². The maximum absolute atomic E-state index is 11.6. The van der Waals surface area contributed by atoms with Crippen LogP contribution < -0.4 is 5.32 Å². The van der Waals surface area contributed by atoms with Crippen molar-refractivity contribution in [2.45, 2.75) is 6.42 Å². The van der Waals surface area contributed by atoms with Gasteiger partial charge in [-0.3, -0.25) is 4.79 Å². The minimum absolute atomic E-state index is 0.146. The van der Waals surface area contributed by atoms with E-state index in [0.717, 1.165) is 5.69 Å². The Balaban J connectivity index is 2.00. The second-order valence-corrected chi connectivity index (χ2v) is 4.25. The third-order valence-corrected chi connectivity index (χ3v) is 2.85. The number of aromatic amines is 1. The molecule has 0 saturated carbocycles. The van der Waals surface area contributed by atoms with Crippen molar-refractivity contribution in [1.82, 2.24) is 9.97 Å². The molecule has 0 fully saturated rings. The van der Waals surface area contributed by atoms with Gasteiger partial charge >= 0.3 is 0 Å². The van der Waals surface area contributed by atoms with E-state index in [1.807, 2.05) is 0 Å². The molecule has 0 bridgehead atoms. The molecule has 0 aliphatic heterocycles. The van der Waals surface area contributed by atoms with Gasteiger partial charge in [-0.05, 0) is 18.2 Å². The first kappa shape index (κ1) is 12.0. The van der Waals surface area contributed by atoms with E-state index in [4.69, 9.17) is 23.2 Å². The molecule has 0 aliphatic rings. The highest BCUT2D eigenvalue weighted by molar-refractivity contribution is 6.42. The first-order valence-electron chi connectivity index (χ1n) is 4.87. The Hall–Kier alpha value is -1.52. The van der Waals surface area contributed by atoms with Crippen LogP contribution in [0, 0.1) is 0 Å². The van der Waals surface area contributed by atoms with Crippen LogP contribution in [0.5, 0.6) is 0 Å². The smallest absolute Gasteiger partial charge is 0.230 e. The molecule has 0 saturated heterocycles. The van der Waals surface area contributed by atoms with Gasteiger partial charge in [-0.15, -0.1) is 0 Å². The summed E-state index contributed by atoms with van der Waals surface area (Å²) in [7, 11) is 0. The lowest BCUT2D eigenvalue weighted by Crippen LogP contribution is -2.14. The lowest BCUT2D eigenvalue weighted by atomic mass is 10.3. The van der Waals surface area contributed by atoms with E-state index in [2.05, 4.69) is 15.3 Å². The Morgan fingerprint density at radius 3 is 2.82 bits per heavy atom. The Kier molecular flexibility index (Phi) is 3.66. The van der Waals surface area contributed by atoms with Gasteiger partial charge in [-0.2, -0.15) is 0 Å². The fourth-order valence-electron chi connectivity index (χ4n) is 1.33. The van der Waals surface area contributed by atoms with E-state index in [1.54, 1.807) is 24.4 Å². The summed E-state index contributed by atoms with van der Waals surface area (Å²) in [5, 5.41) is 3.58. The summed E-state index contributed by atoms with van der Waals surface area (Å²) in [4.78, 5) is 18.3. The molecule has 1 amide bonds. The van der Waals surface area contributed by atoms with E-state index in [-0.39, 0.29) is 12.3 Å². The molecule has 17 heavy (non-hydrogen) atoms. The first-order chi connectivity index (χ1) is 8.15. The van der Waals surface area contributed by atoms with Gasteiger partial charge in [0, 0.05) is 17.6 Å². The fraction of sp³-hybridized carbons (Fsp3) is 0.0909. The average Bonchev–Trinajstić information content (AvgIpc) is 2.76. The zero-order valence-corrected chi connectivity index (χ0v) is 10.2. The van der Waals surface area contributed by atoms with Gasteiger partial charge in [0.1, 0.15) is 0 Å². The highest BCUT2D eigenvalue weighted by Gasteiger charge is 2.06. The number of amides is 1. The van der Waals surface area contributed by atoms with E-state index in [0.29, 0.717) is 15.7 Å². The van der Waals surface area contributed by atoms with Gasteiger partial charge in [0.25, 0.3) is 0 Å². The number of carbonyl (C=O) groups excluding carboxylic acids is 1.